The number of hydrogen-bond donors (Lipinski definition) is 1. The fourth-order valence-electron chi connectivity index (χ4n) is 2.66. The third-order valence-corrected chi connectivity index (χ3v) is 3.73. The van der Waals surface area contributed by atoms with E-state index < -0.39 is 0 Å². The normalized spacial score (nSPS) is 11.5. The standard InChI is InChI=1S/C18H20FN3/c1-22(2)11-5-10-20-18-14-6-3-4-7-16(14)21-17-9-8-13(19)12-15(17)18/h3-4,6-9,12H,5,10-11H2,1-2H3,(H,20,21). The summed E-state index contributed by atoms with van der Waals surface area (Å²) < 4.78 is 13.6. The molecule has 0 unspecified atom stereocenters. The number of halogens is 1. The van der Waals surface area contributed by atoms with Gasteiger partial charge in [-0.25, -0.2) is 9.37 Å². The molecule has 3 nitrogen and oxygen atoms in total. The summed E-state index contributed by atoms with van der Waals surface area (Å²) in [4.78, 5) is 6.78. The van der Waals surface area contributed by atoms with E-state index in [1.54, 1.807) is 12.1 Å². The maximum absolute atomic E-state index is 13.6. The number of rotatable bonds is 5. The lowest BCUT2D eigenvalue weighted by Gasteiger charge is -2.14. The molecule has 1 N–H and O–H groups in total. The first-order chi connectivity index (χ1) is 10.6. The Morgan fingerprint density at radius 1 is 1.05 bits per heavy atom. The molecule has 4 heteroatoms. The minimum atomic E-state index is -0.235. The van der Waals surface area contributed by atoms with Gasteiger partial charge in [-0.05, 0) is 51.3 Å². The van der Waals surface area contributed by atoms with E-state index in [1.165, 1.54) is 6.07 Å². The van der Waals surface area contributed by atoms with Crippen LogP contribution in [0.15, 0.2) is 42.5 Å². The molecular formula is C18H20FN3. The summed E-state index contributed by atoms with van der Waals surface area (Å²) in [6, 6.07) is 12.7. The first-order valence-electron chi connectivity index (χ1n) is 7.52. The Kier molecular flexibility index (Phi) is 4.20. The smallest absolute Gasteiger partial charge is 0.124 e. The number of anilines is 1. The Hall–Kier alpha value is -2.20. The van der Waals surface area contributed by atoms with Crippen LogP contribution in [0.1, 0.15) is 6.42 Å². The summed E-state index contributed by atoms with van der Waals surface area (Å²) in [5.74, 6) is -0.235. The second-order valence-electron chi connectivity index (χ2n) is 5.75. The van der Waals surface area contributed by atoms with Crippen LogP contribution in [0.3, 0.4) is 0 Å². The quantitative estimate of drug-likeness (QED) is 0.572. The lowest BCUT2D eigenvalue weighted by atomic mass is 10.1. The Morgan fingerprint density at radius 2 is 1.82 bits per heavy atom. The van der Waals surface area contributed by atoms with Crippen LogP contribution < -0.4 is 5.32 Å². The van der Waals surface area contributed by atoms with Gasteiger partial charge in [-0.3, -0.25) is 0 Å². The summed E-state index contributed by atoms with van der Waals surface area (Å²) in [6.07, 6.45) is 1.03. The van der Waals surface area contributed by atoms with Crippen LogP contribution in [0, 0.1) is 5.82 Å². The van der Waals surface area contributed by atoms with Crippen molar-refractivity contribution in [2.75, 3.05) is 32.5 Å². The first-order valence-corrected chi connectivity index (χ1v) is 7.52. The van der Waals surface area contributed by atoms with E-state index in [4.69, 9.17) is 0 Å². The monoisotopic (exact) mass is 297 g/mol. The van der Waals surface area contributed by atoms with Gasteiger partial charge in [0.2, 0.25) is 0 Å². The molecule has 0 saturated carbocycles. The minimum Gasteiger partial charge on any atom is -0.384 e. The molecule has 0 bridgehead atoms. The number of hydrogen-bond acceptors (Lipinski definition) is 3. The molecule has 114 valence electrons. The fraction of sp³-hybridized carbons (Fsp3) is 0.278. The largest absolute Gasteiger partial charge is 0.384 e. The van der Waals surface area contributed by atoms with Crippen LogP contribution >= 0.6 is 0 Å². The number of nitrogens with one attached hydrogen (secondary N) is 1. The zero-order chi connectivity index (χ0) is 15.5. The summed E-state index contributed by atoms with van der Waals surface area (Å²) in [7, 11) is 4.12. The zero-order valence-electron chi connectivity index (χ0n) is 12.9. The number of fused-ring (bicyclic) bond motifs is 2. The average molecular weight is 297 g/mol. The molecule has 1 aromatic heterocycles. The molecular weight excluding hydrogens is 277 g/mol. The van der Waals surface area contributed by atoms with Crippen molar-refractivity contribution in [2.24, 2.45) is 0 Å². The topological polar surface area (TPSA) is 28.2 Å². The Bertz CT molecular complexity index is 799. The summed E-state index contributed by atoms with van der Waals surface area (Å²) in [5, 5.41) is 5.35. The molecule has 0 spiro atoms. The van der Waals surface area contributed by atoms with Crippen molar-refractivity contribution in [3.05, 3.63) is 48.3 Å². The predicted octanol–water partition coefficient (Wildman–Crippen LogP) is 3.89. The van der Waals surface area contributed by atoms with E-state index in [0.717, 1.165) is 47.0 Å². The van der Waals surface area contributed by atoms with Crippen molar-refractivity contribution in [3.63, 3.8) is 0 Å². The SMILES string of the molecule is CN(C)CCCNc1c2ccccc2nc2ccc(F)cc12. The molecule has 1 heterocycles. The van der Waals surface area contributed by atoms with Gasteiger partial charge in [0.15, 0.2) is 0 Å². The van der Waals surface area contributed by atoms with Crippen LogP contribution in [0.4, 0.5) is 10.1 Å². The van der Waals surface area contributed by atoms with Crippen molar-refractivity contribution in [3.8, 4) is 0 Å². The van der Waals surface area contributed by atoms with Crippen molar-refractivity contribution in [1.29, 1.82) is 0 Å². The highest BCUT2D eigenvalue weighted by Gasteiger charge is 2.09. The number of para-hydroxylation sites is 1. The van der Waals surface area contributed by atoms with E-state index in [1.807, 2.05) is 24.3 Å². The molecule has 3 aromatic rings. The van der Waals surface area contributed by atoms with Gasteiger partial charge in [0.1, 0.15) is 5.82 Å². The maximum Gasteiger partial charge on any atom is 0.124 e. The van der Waals surface area contributed by atoms with E-state index in [2.05, 4.69) is 29.3 Å². The van der Waals surface area contributed by atoms with Gasteiger partial charge >= 0.3 is 0 Å². The van der Waals surface area contributed by atoms with Crippen molar-refractivity contribution in [1.82, 2.24) is 9.88 Å². The van der Waals surface area contributed by atoms with Crippen LogP contribution in [0.5, 0.6) is 0 Å². The third kappa shape index (κ3) is 3.02. The highest BCUT2D eigenvalue weighted by atomic mass is 19.1. The molecule has 0 saturated heterocycles. The van der Waals surface area contributed by atoms with E-state index in [0.29, 0.717) is 0 Å². The second-order valence-corrected chi connectivity index (χ2v) is 5.75. The summed E-state index contributed by atoms with van der Waals surface area (Å²) in [6.45, 7) is 1.86. The van der Waals surface area contributed by atoms with Crippen LogP contribution in [-0.2, 0) is 0 Å². The zero-order valence-corrected chi connectivity index (χ0v) is 12.9. The number of pyridine rings is 1. The van der Waals surface area contributed by atoms with Gasteiger partial charge in [0.05, 0.1) is 16.7 Å². The van der Waals surface area contributed by atoms with Crippen LogP contribution in [-0.4, -0.2) is 37.1 Å². The first kappa shape index (κ1) is 14.7. The van der Waals surface area contributed by atoms with Crippen LogP contribution in [0.25, 0.3) is 21.8 Å². The maximum atomic E-state index is 13.6. The van der Waals surface area contributed by atoms with Gasteiger partial charge in [0, 0.05) is 17.3 Å². The number of aromatic nitrogens is 1. The second kappa shape index (κ2) is 6.28. The van der Waals surface area contributed by atoms with Gasteiger partial charge in [-0.15, -0.1) is 0 Å². The summed E-state index contributed by atoms with van der Waals surface area (Å²) in [5.41, 5.74) is 2.71. The van der Waals surface area contributed by atoms with Crippen molar-refractivity contribution < 1.29 is 4.39 Å². The highest BCUT2D eigenvalue weighted by molar-refractivity contribution is 6.07. The molecule has 0 radical (unpaired) electrons. The number of nitrogens with zero attached hydrogens (tertiary/aromatic N) is 2. The molecule has 0 aliphatic carbocycles. The predicted molar refractivity (Wildman–Crippen MR) is 90.9 cm³/mol. The summed E-state index contributed by atoms with van der Waals surface area (Å²) >= 11 is 0. The van der Waals surface area contributed by atoms with Crippen molar-refractivity contribution >= 4 is 27.5 Å². The minimum absolute atomic E-state index is 0.235. The molecule has 22 heavy (non-hydrogen) atoms. The van der Waals surface area contributed by atoms with Gasteiger partial charge in [0.25, 0.3) is 0 Å². The Morgan fingerprint density at radius 3 is 2.64 bits per heavy atom. The molecule has 3 rings (SSSR count). The van der Waals surface area contributed by atoms with E-state index in [9.17, 15) is 4.39 Å². The van der Waals surface area contributed by atoms with Gasteiger partial charge in [-0.2, -0.15) is 0 Å². The molecule has 0 amide bonds. The Balaban J connectivity index is 2.04. The fourth-order valence-corrected chi connectivity index (χ4v) is 2.66. The average Bonchev–Trinajstić information content (AvgIpc) is 2.50. The Labute approximate surface area is 129 Å². The molecule has 0 fully saturated rings. The number of benzene rings is 2. The van der Waals surface area contributed by atoms with E-state index >= 15 is 0 Å². The lowest BCUT2D eigenvalue weighted by molar-refractivity contribution is 0.405. The molecule has 2 aromatic carbocycles. The molecule has 0 aliphatic rings. The highest BCUT2D eigenvalue weighted by Crippen LogP contribution is 2.31. The molecule has 0 aliphatic heterocycles. The third-order valence-electron chi connectivity index (χ3n) is 3.73. The van der Waals surface area contributed by atoms with Crippen LogP contribution in [0.2, 0.25) is 0 Å². The van der Waals surface area contributed by atoms with Gasteiger partial charge < -0.3 is 10.2 Å². The molecule has 0 atom stereocenters. The van der Waals surface area contributed by atoms with Gasteiger partial charge in [-0.1, -0.05) is 18.2 Å². The van der Waals surface area contributed by atoms with Crippen molar-refractivity contribution in [2.45, 2.75) is 6.42 Å². The van der Waals surface area contributed by atoms with E-state index in [-0.39, 0.29) is 5.82 Å². The lowest BCUT2D eigenvalue weighted by Crippen LogP contribution is -2.16.